The first-order valence-electron chi connectivity index (χ1n) is 6.12. The van der Waals surface area contributed by atoms with Crippen molar-refractivity contribution in [2.45, 2.75) is 19.4 Å². The zero-order valence-corrected chi connectivity index (χ0v) is 10.6. The minimum absolute atomic E-state index is 0.0973. The molecule has 0 bridgehead atoms. The van der Waals surface area contributed by atoms with Crippen LogP contribution in [-0.2, 0) is 6.54 Å². The second kappa shape index (κ2) is 5.38. The highest BCUT2D eigenvalue weighted by Gasteiger charge is 2.41. The molecule has 0 atom stereocenters. The van der Waals surface area contributed by atoms with Gasteiger partial charge < -0.3 is 15.2 Å². The van der Waals surface area contributed by atoms with Crippen molar-refractivity contribution in [1.82, 2.24) is 5.32 Å². The van der Waals surface area contributed by atoms with Gasteiger partial charge in [-0.25, -0.2) is 0 Å². The summed E-state index contributed by atoms with van der Waals surface area (Å²) in [7, 11) is 1.63. The Balaban J connectivity index is 1.97. The molecule has 0 heterocycles. The summed E-state index contributed by atoms with van der Waals surface area (Å²) in [6.07, 6.45) is 2.18. The normalized spacial score (nSPS) is 16.1. The summed E-state index contributed by atoms with van der Waals surface area (Å²) in [5.41, 5.74) is 1.71. The molecule has 96 valence electrons. The number of methoxy groups -OCH3 is 1. The quantitative estimate of drug-likeness (QED) is 0.797. The Hall–Kier alpha value is -1.57. The first-order chi connectivity index (χ1) is 8.73. The molecule has 1 aliphatic rings. The van der Waals surface area contributed by atoms with Crippen molar-refractivity contribution in [2.75, 3.05) is 20.3 Å². The van der Waals surface area contributed by atoms with E-state index in [2.05, 4.69) is 11.4 Å². The third kappa shape index (κ3) is 2.81. The van der Waals surface area contributed by atoms with Crippen LogP contribution in [0.1, 0.15) is 24.0 Å². The zero-order valence-electron chi connectivity index (χ0n) is 10.6. The standard InChI is InChI=1S/C14H18N2O2/c1-18-13-3-2-11(7-15)6-12(13)8-16-9-14(10-17)4-5-14/h2-3,6,16-17H,4-5,8-10H2,1H3. The molecule has 0 unspecified atom stereocenters. The summed E-state index contributed by atoms with van der Waals surface area (Å²) in [6.45, 7) is 1.71. The minimum atomic E-state index is 0.0973. The van der Waals surface area contributed by atoms with Crippen LogP contribution in [0.5, 0.6) is 5.75 Å². The predicted molar refractivity (Wildman–Crippen MR) is 68.2 cm³/mol. The maximum atomic E-state index is 9.23. The Bertz CT molecular complexity index is 461. The maximum Gasteiger partial charge on any atom is 0.123 e. The van der Waals surface area contributed by atoms with Gasteiger partial charge >= 0.3 is 0 Å². The summed E-state index contributed by atoms with van der Waals surface area (Å²) >= 11 is 0. The van der Waals surface area contributed by atoms with E-state index < -0.39 is 0 Å². The highest BCUT2D eigenvalue weighted by atomic mass is 16.5. The fourth-order valence-electron chi connectivity index (χ4n) is 2.02. The smallest absolute Gasteiger partial charge is 0.123 e. The number of aliphatic hydroxyl groups excluding tert-OH is 1. The third-order valence-electron chi connectivity index (χ3n) is 3.52. The molecular weight excluding hydrogens is 228 g/mol. The van der Waals surface area contributed by atoms with Crippen LogP contribution in [-0.4, -0.2) is 25.4 Å². The molecule has 18 heavy (non-hydrogen) atoms. The van der Waals surface area contributed by atoms with E-state index >= 15 is 0 Å². The molecule has 1 saturated carbocycles. The van der Waals surface area contributed by atoms with Crippen LogP contribution >= 0.6 is 0 Å². The Kier molecular flexibility index (Phi) is 3.85. The molecule has 0 saturated heterocycles. The van der Waals surface area contributed by atoms with Gasteiger partial charge in [0.2, 0.25) is 0 Å². The molecule has 1 aliphatic carbocycles. The monoisotopic (exact) mass is 246 g/mol. The summed E-state index contributed by atoms with van der Waals surface area (Å²) < 4.78 is 5.27. The molecule has 0 radical (unpaired) electrons. The van der Waals surface area contributed by atoms with Gasteiger partial charge in [-0.2, -0.15) is 5.26 Å². The Labute approximate surface area is 107 Å². The van der Waals surface area contributed by atoms with Gasteiger partial charge in [-0.05, 0) is 31.0 Å². The van der Waals surface area contributed by atoms with Crippen molar-refractivity contribution in [3.63, 3.8) is 0 Å². The molecule has 1 aromatic carbocycles. The number of benzene rings is 1. The fraction of sp³-hybridized carbons (Fsp3) is 0.500. The predicted octanol–water partition coefficient (Wildman–Crippen LogP) is 1.43. The van der Waals surface area contributed by atoms with Crippen molar-refractivity contribution < 1.29 is 9.84 Å². The van der Waals surface area contributed by atoms with Crippen molar-refractivity contribution in [3.05, 3.63) is 29.3 Å². The van der Waals surface area contributed by atoms with E-state index in [9.17, 15) is 5.11 Å². The van der Waals surface area contributed by atoms with Gasteiger partial charge in [0.05, 0.1) is 18.7 Å². The molecule has 0 aromatic heterocycles. The van der Waals surface area contributed by atoms with Crippen molar-refractivity contribution in [1.29, 1.82) is 5.26 Å². The Morgan fingerprint density at radius 2 is 2.28 bits per heavy atom. The number of rotatable bonds is 6. The van der Waals surface area contributed by atoms with Crippen LogP contribution in [0.25, 0.3) is 0 Å². The van der Waals surface area contributed by atoms with Crippen molar-refractivity contribution >= 4 is 0 Å². The van der Waals surface area contributed by atoms with E-state index in [1.54, 1.807) is 13.2 Å². The highest BCUT2D eigenvalue weighted by molar-refractivity contribution is 5.42. The van der Waals surface area contributed by atoms with Crippen LogP contribution in [0.2, 0.25) is 0 Å². The topological polar surface area (TPSA) is 65.3 Å². The second-order valence-corrected chi connectivity index (χ2v) is 4.90. The molecule has 0 aliphatic heterocycles. The number of aliphatic hydroxyl groups is 1. The van der Waals surface area contributed by atoms with Crippen molar-refractivity contribution in [3.8, 4) is 11.8 Å². The van der Waals surface area contributed by atoms with Crippen LogP contribution < -0.4 is 10.1 Å². The maximum absolute atomic E-state index is 9.23. The van der Waals surface area contributed by atoms with E-state index in [4.69, 9.17) is 10.00 Å². The first kappa shape index (κ1) is 12.9. The SMILES string of the molecule is COc1ccc(C#N)cc1CNCC1(CO)CC1. The lowest BCUT2D eigenvalue weighted by molar-refractivity contribution is 0.207. The molecule has 1 fully saturated rings. The molecule has 0 spiro atoms. The van der Waals surface area contributed by atoms with Crippen LogP contribution in [0.3, 0.4) is 0 Å². The highest BCUT2D eigenvalue weighted by Crippen LogP contribution is 2.44. The molecular formula is C14H18N2O2. The molecule has 2 rings (SSSR count). The average Bonchev–Trinajstić information content (AvgIpc) is 3.19. The van der Waals surface area contributed by atoms with Gasteiger partial charge in [0.1, 0.15) is 5.75 Å². The summed E-state index contributed by atoms with van der Waals surface area (Å²) in [5, 5.41) is 21.4. The van der Waals surface area contributed by atoms with E-state index in [1.807, 2.05) is 12.1 Å². The molecule has 4 nitrogen and oxygen atoms in total. The van der Waals surface area contributed by atoms with Gasteiger partial charge in [-0.3, -0.25) is 0 Å². The second-order valence-electron chi connectivity index (χ2n) is 4.90. The number of nitriles is 1. The van der Waals surface area contributed by atoms with Gasteiger partial charge in [0, 0.05) is 30.7 Å². The van der Waals surface area contributed by atoms with Crippen LogP contribution in [0, 0.1) is 16.7 Å². The first-order valence-corrected chi connectivity index (χ1v) is 6.12. The number of nitrogens with one attached hydrogen (secondary N) is 1. The van der Waals surface area contributed by atoms with Crippen LogP contribution in [0.15, 0.2) is 18.2 Å². The van der Waals surface area contributed by atoms with E-state index in [0.29, 0.717) is 12.1 Å². The van der Waals surface area contributed by atoms with E-state index in [1.165, 1.54) is 0 Å². The van der Waals surface area contributed by atoms with Gasteiger partial charge in [0.25, 0.3) is 0 Å². The summed E-state index contributed by atoms with van der Waals surface area (Å²) in [6, 6.07) is 7.53. The average molecular weight is 246 g/mol. The van der Waals surface area contributed by atoms with Gasteiger partial charge in [-0.1, -0.05) is 0 Å². The number of ether oxygens (including phenoxy) is 1. The lowest BCUT2D eigenvalue weighted by Crippen LogP contribution is -2.26. The number of hydrogen-bond acceptors (Lipinski definition) is 4. The molecule has 1 aromatic rings. The number of hydrogen-bond donors (Lipinski definition) is 2. The van der Waals surface area contributed by atoms with E-state index in [0.717, 1.165) is 30.7 Å². The summed E-state index contributed by atoms with van der Waals surface area (Å²) in [5.74, 6) is 0.787. The largest absolute Gasteiger partial charge is 0.496 e. The Morgan fingerprint density at radius 1 is 1.50 bits per heavy atom. The zero-order chi connectivity index (χ0) is 13.0. The fourth-order valence-corrected chi connectivity index (χ4v) is 2.02. The lowest BCUT2D eigenvalue weighted by Gasteiger charge is -2.14. The van der Waals surface area contributed by atoms with Gasteiger partial charge in [-0.15, -0.1) is 0 Å². The van der Waals surface area contributed by atoms with Crippen LogP contribution in [0.4, 0.5) is 0 Å². The molecule has 4 heteroatoms. The third-order valence-corrected chi connectivity index (χ3v) is 3.52. The van der Waals surface area contributed by atoms with E-state index in [-0.39, 0.29) is 12.0 Å². The number of nitrogens with zero attached hydrogens (tertiary/aromatic N) is 1. The lowest BCUT2D eigenvalue weighted by atomic mass is 10.1. The summed E-state index contributed by atoms with van der Waals surface area (Å²) in [4.78, 5) is 0. The molecule has 2 N–H and O–H groups in total. The van der Waals surface area contributed by atoms with Gasteiger partial charge in [0.15, 0.2) is 0 Å². The van der Waals surface area contributed by atoms with Crippen molar-refractivity contribution in [2.24, 2.45) is 5.41 Å². The Morgan fingerprint density at radius 3 is 2.83 bits per heavy atom. The minimum Gasteiger partial charge on any atom is -0.496 e. The molecule has 0 amide bonds.